The van der Waals surface area contributed by atoms with E-state index in [9.17, 15) is 24.3 Å². The summed E-state index contributed by atoms with van der Waals surface area (Å²) in [5, 5.41) is 9.13. The Labute approximate surface area is 270 Å². The van der Waals surface area contributed by atoms with Crippen molar-refractivity contribution >= 4 is 26.2 Å². The Bertz CT molecular complexity index is 1430. The molecule has 0 aromatic heterocycles. The maximum Gasteiger partial charge on any atom is 0.338 e. The number of aliphatic hydroxyl groups is 1. The summed E-state index contributed by atoms with van der Waals surface area (Å²) in [6.45, 7) is 7.08. The van der Waals surface area contributed by atoms with Crippen molar-refractivity contribution in [2.24, 2.45) is 0 Å². The summed E-state index contributed by atoms with van der Waals surface area (Å²) < 4.78 is 30.3. The number of benzene rings is 3. The van der Waals surface area contributed by atoms with Gasteiger partial charge >= 0.3 is 17.9 Å². The normalized spacial score (nSPS) is 21.7. The van der Waals surface area contributed by atoms with Crippen molar-refractivity contribution < 1.29 is 48.0 Å². The van der Waals surface area contributed by atoms with Gasteiger partial charge in [-0.1, -0.05) is 68.4 Å². The highest BCUT2D eigenvalue weighted by Gasteiger charge is 2.53. The molecular formula is C35H42O10Si. The highest BCUT2D eigenvalue weighted by atomic mass is 28.4. The quantitative estimate of drug-likeness (QED) is 0.145. The summed E-state index contributed by atoms with van der Waals surface area (Å²) >= 11 is 0. The largest absolute Gasteiger partial charge is 0.452 e. The van der Waals surface area contributed by atoms with E-state index < -0.39 is 62.0 Å². The number of hydrogen-bond acceptors (Lipinski definition) is 10. The van der Waals surface area contributed by atoms with E-state index in [0.29, 0.717) is 6.42 Å². The molecule has 0 radical (unpaired) electrons. The highest BCUT2D eigenvalue weighted by Crippen LogP contribution is 2.42. The third-order valence-corrected chi connectivity index (χ3v) is 12.0. The standard InChI is InChI=1S/C35H42O10Si/c1-35(2,46(3,4)40)21-20-27-28(43-31(37)24-14-8-5-9-15-24)29(44-32(38)25-16-10-6-11-17-25)30(34(42-27)41-23-22-36)45-33(39)26-18-12-7-13-19-26/h5-19,27-30,34,36,40H,20-23H2,1-4H3. The van der Waals surface area contributed by atoms with Crippen molar-refractivity contribution in [1.82, 2.24) is 0 Å². The summed E-state index contributed by atoms with van der Waals surface area (Å²) in [6, 6.07) is 24.8. The molecule has 5 atom stereocenters. The molecule has 4 rings (SSSR count). The first-order chi connectivity index (χ1) is 21.9. The van der Waals surface area contributed by atoms with E-state index >= 15 is 0 Å². The molecule has 5 unspecified atom stereocenters. The molecule has 0 bridgehead atoms. The van der Waals surface area contributed by atoms with Gasteiger partial charge in [-0.05, 0) is 67.4 Å². The number of aliphatic hydroxyl groups excluding tert-OH is 1. The second-order valence-corrected chi connectivity index (χ2v) is 16.8. The third kappa shape index (κ3) is 8.89. The first-order valence-corrected chi connectivity index (χ1v) is 18.2. The molecule has 0 amide bonds. The summed E-state index contributed by atoms with van der Waals surface area (Å²) in [5.41, 5.74) is 0.720. The minimum atomic E-state index is -2.66. The minimum Gasteiger partial charge on any atom is -0.452 e. The second kappa shape index (κ2) is 15.6. The Morgan fingerprint density at radius 2 is 1.13 bits per heavy atom. The van der Waals surface area contributed by atoms with Gasteiger partial charge in [0.1, 0.15) is 6.10 Å². The fraction of sp³-hybridized carbons (Fsp3) is 0.400. The Kier molecular flexibility index (Phi) is 11.9. The van der Waals surface area contributed by atoms with Gasteiger partial charge in [0.2, 0.25) is 0 Å². The Morgan fingerprint density at radius 1 is 0.717 bits per heavy atom. The first kappa shape index (κ1) is 35.0. The smallest absolute Gasteiger partial charge is 0.338 e. The van der Waals surface area contributed by atoms with Gasteiger partial charge in [-0.15, -0.1) is 0 Å². The van der Waals surface area contributed by atoms with Gasteiger partial charge in [-0.25, -0.2) is 14.4 Å². The van der Waals surface area contributed by atoms with Crippen molar-refractivity contribution in [2.75, 3.05) is 13.2 Å². The topological polar surface area (TPSA) is 138 Å². The lowest BCUT2D eigenvalue weighted by atomic mass is 9.92. The summed E-state index contributed by atoms with van der Waals surface area (Å²) in [4.78, 5) is 51.4. The highest BCUT2D eigenvalue weighted by molar-refractivity contribution is 6.72. The zero-order valence-corrected chi connectivity index (χ0v) is 27.5. The summed E-state index contributed by atoms with van der Waals surface area (Å²) in [6.07, 6.45) is -5.49. The molecule has 246 valence electrons. The molecule has 1 aliphatic heterocycles. The lowest BCUT2D eigenvalue weighted by Gasteiger charge is -2.45. The minimum absolute atomic E-state index is 0.174. The number of esters is 3. The van der Waals surface area contributed by atoms with Crippen molar-refractivity contribution in [3.63, 3.8) is 0 Å². The van der Waals surface area contributed by atoms with Crippen molar-refractivity contribution in [3.05, 3.63) is 108 Å². The maximum atomic E-state index is 13.5. The van der Waals surface area contributed by atoms with Crippen LogP contribution in [0.25, 0.3) is 0 Å². The van der Waals surface area contributed by atoms with Gasteiger partial charge in [0.05, 0.1) is 29.9 Å². The monoisotopic (exact) mass is 650 g/mol. The third-order valence-electron chi connectivity index (χ3n) is 8.43. The molecule has 1 fully saturated rings. The Hall–Kier alpha value is -3.87. The van der Waals surface area contributed by atoms with Crippen LogP contribution in [0.3, 0.4) is 0 Å². The summed E-state index contributed by atoms with van der Waals surface area (Å²) in [5.74, 6) is -2.18. The van der Waals surface area contributed by atoms with Crippen LogP contribution in [0.2, 0.25) is 18.1 Å². The predicted molar refractivity (Wildman–Crippen MR) is 172 cm³/mol. The molecular weight excluding hydrogens is 608 g/mol. The Balaban J connectivity index is 1.78. The average Bonchev–Trinajstić information content (AvgIpc) is 3.05. The molecule has 2 N–H and O–H groups in total. The van der Waals surface area contributed by atoms with Gasteiger partial charge in [-0.3, -0.25) is 0 Å². The van der Waals surface area contributed by atoms with Crippen LogP contribution < -0.4 is 0 Å². The van der Waals surface area contributed by atoms with Crippen molar-refractivity contribution in [3.8, 4) is 0 Å². The maximum absolute atomic E-state index is 13.5. The fourth-order valence-electron chi connectivity index (χ4n) is 4.92. The van der Waals surface area contributed by atoms with Crippen LogP contribution in [-0.2, 0) is 23.7 Å². The molecule has 10 nitrogen and oxygen atoms in total. The number of hydrogen-bond donors (Lipinski definition) is 2. The van der Waals surface area contributed by atoms with Gasteiger partial charge in [0, 0.05) is 0 Å². The van der Waals surface area contributed by atoms with Gasteiger partial charge in [0.15, 0.2) is 32.9 Å². The van der Waals surface area contributed by atoms with E-state index in [4.69, 9.17) is 23.7 Å². The molecule has 1 heterocycles. The molecule has 3 aromatic carbocycles. The molecule has 0 aliphatic carbocycles. The SMILES string of the molecule is CC(C)(CCC1OC(OCCO)C(OC(=O)c2ccccc2)C(OC(=O)c2ccccc2)C1OC(=O)c1ccccc1)[Si](C)(C)O. The van der Waals surface area contributed by atoms with Crippen LogP contribution in [0.15, 0.2) is 91.0 Å². The Morgan fingerprint density at radius 3 is 1.54 bits per heavy atom. The first-order valence-electron chi connectivity index (χ1n) is 15.3. The van der Waals surface area contributed by atoms with E-state index in [1.54, 1.807) is 91.0 Å². The van der Waals surface area contributed by atoms with Crippen molar-refractivity contribution in [1.29, 1.82) is 0 Å². The zero-order valence-electron chi connectivity index (χ0n) is 26.5. The van der Waals surface area contributed by atoms with Crippen LogP contribution in [0.4, 0.5) is 0 Å². The molecule has 3 aromatic rings. The molecule has 0 saturated carbocycles. The van der Waals surface area contributed by atoms with E-state index in [2.05, 4.69) is 0 Å². The lowest BCUT2D eigenvalue weighted by molar-refractivity contribution is -0.296. The number of rotatable bonds is 13. The number of ether oxygens (including phenoxy) is 5. The van der Waals surface area contributed by atoms with Gasteiger partial charge in [-0.2, -0.15) is 0 Å². The summed E-state index contributed by atoms with van der Waals surface area (Å²) in [7, 11) is -2.66. The zero-order chi connectivity index (χ0) is 33.3. The van der Waals surface area contributed by atoms with E-state index in [-0.39, 0.29) is 36.3 Å². The molecule has 46 heavy (non-hydrogen) atoms. The average molecular weight is 651 g/mol. The van der Waals surface area contributed by atoms with Crippen LogP contribution in [0.1, 0.15) is 57.8 Å². The number of carbonyl (C=O) groups excluding carboxylic acids is 3. The second-order valence-electron chi connectivity index (χ2n) is 12.3. The van der Waals surface area contributed by atoms with E-state index in [1.165, 1.54) is 0 Å². The predicted octanol–water partition coefficient (Wildman–Crippen LogP) is 5.15. The van der Waals surface area contributed by atoms with Crippen LogP contribution >= 0.6 is 0 Å². The van der Waals surface area contributed by atoms with E-state index in [0.717, 1.165) is 0 Å². The molecule has 1 saturated heterocycles. The van der Waals surface area contributed by atoms with Crippen molar-refractivity contribution in [2.45, 2.75) is 75.5 Å². The van der Waals surface area contributed by atoms with Crippen LogP contribution in [0, 0.1) is 0 Å². The van der Waals surface area contributed by atoms with Crippen LogP contribution in [-0.4, -0.2) is 80.0 Å². The molecule has 11 heteroatoms. The van der Waals surface area contributed by atoms with E-state index in [1.807, 2.05) is 26.9 Å². The lowest BCUT2D eigenvalue weighted by Crippen LogP contribution is -2.62. The van der Waals surface area contributed by atoms with Gasteiger partial charge in [0.25, 0.3) is 0 Å². The number of carbonyl (C=O) groups is 3. The fourth-order valence-corrected chi connectivity index (χ4v) is 5.68. The van der Waals surface area contributed by atoms with Crippen LogP contribution in [0.5, 0.6) is 0 Å². The molecule has 0 spiro atoms. The van der Waals surface area contributed by atoms with Gasteiger partial charge < -0.3 is 33.6 Å². The molecule has 1 aliphatic rings.